The lowest BCUT2D eigenvalue weighted by Crippen LogP contribution is -2.40. The standard InChI is InChI=1S/C21H25FN4O3S/c1-2-23-21(24-11-12-30(28,29)19-10-6-4-8-17(19)22)25-14-15-13-20(27)26-18-9-5-3-7-16(15)18/h3-10,15H,2,11-14H2,1H3,(H,26,27)(H2,23,24,25). The van der Waals surface area contributed by atoms with E-state index in [0.717, 1.165) is 17.3 Å². The minimum atomic E-state index is -3.76. The monoisotopic (exact) mass is 432 g/mol. The molecule has 160 valence electrons. The zero-order chi connectivity index (χ0) is 21.6. The molecule has 0 fully saturated rings. The van der Waals surface area contributed by atoms with Crippen molar-refractivity contribution in [3.05, 3.63) is 59.9 Å². The normalized spacial score (nSPS) is 16.5. The van der Waals surface area contributed by atoms with E-state index in [1.807, 2.05) is 31.2 Å². The Hall–Kier alpha value is -2.94. The van der Waals surface area contributed by atoms with Crippen LogP contribution < -0.4 is 16.0 Å². The van der Waals surface area contributed by atoms with E-state index >= 15 is 0 Å². The van der Waals surface area contributed by atoms with E-state index in [9.17, 15) is 17.6 Å². The molecule has 1 aliphatic rings. The number of nitrogens with zero attached hydrogens (tertiary/aromatic N) is 1. The molecule has 0 spiro atoms. The molecule has 0 saturated heterocycles. The van der Waals surface area contributed by atoms with Crippen molar-refractivity contribution in [3.63, 3.8) is 0 Å². The number of hydrogen-bond donors (Lipinski definition) is 3. The highest BCUT2D eigenvalue weighted by molar-refractivity contribution is 7.91. The SMILES string of the molecule is CCNC(=NCC1CC(=O)Nc2ccccc21)NCCS(=O)(=O)c1ccccc1F. The smallest absolute Gasteiger partial charge is 0.225 e. The quantitative estimate of drug-likeness (QED) is 0.461. The Morgan fingerprint density at radius 3 is 2.67 bits per heavy atom. The molecule has 1 atom stereocenters. The number of aliphatic imine (C=N–C) groups is 1. The van der Waals surface area contributed by atoms with E-state index in [2.05, 4.69) is 20.9 Å². The molecule has 3 N–H and O–H groups in total. The van der Waals surface area contributed by atoms with Gasteiger partial charge >= 0.3 is 0 Å². The van der Waals surface area contributed by atoms with E-state index in [-0.39, 0.29) is 29.0 Å². The van der Waals surface area contributed by atoms with Crippen molar-refractivity contribution in [1.82, 2.24) is 10.6 Å². The summed E-state index contributed by atoms with van der Waals surface area (Å²) in [7, 11) is -3.76. The molecule has 1 unspecified atom stereocenters. The van der Waals surface area contributed by atoms with Crippen LogP contribution in [0, 0.1) is 5.82 Å². The van der Waals surface area contributed by atoms with E-state index in [4.69, 9.17) is 0 Å². The summed E-state index contributed by atoms with van der Waals surface area (Å²) < 4.78 is 38.6. The number of carbonyl (C=O) groups is 1. The Kier molecular flexibility index (Phi) is 7.04. The maximum atomic E-state index is 13.8. The summed E-state index contributed by atoms with van der Waals surface area (Å²) in [5.41, 5.74) is 1.82. The molecule has 9 heteroatoms. The molecule has 0 aliphatic carbocycles. The molecular weight excluding hydrogens is 407 g/mol. The maximum Gasteiger partial charge on any atom is 0.225 e. The summed E-state index contributed by atoms with van der Waals surface area (Å²) in [5.74, 6) is -0.695. The minimum Gasteiger partial charge on any atom is -0.357 e. The summed E-state index contributed by atoms with van der Waals surface area (Å²) in [5, 5.41) is 8.90. The third-order valence-electron chi connectivity index (χ3n) is 4.76. The van der Waals surface area contributed by atoms with Gasteiger partial charge in [-0.3, -0.25) is 9.79 Å². The number of anilines is 1. The van der Waals surface area contributed by atoms with Gasteiger partial charge in [-0.15, -0.1) is 0 Å². The van der Waals surface area contributed by atoms with Crippen LogP contribution in [0.15, 0.2) is 58.4 Å². The molecule has 0 bridgehead atoms. The summed E-state index contributed by atoms with van der Waals surface area (Å²) in [6, 6.07) is 13.0. The molecule has 0 radical (unpaired) electrons. The molecule has 1 heterocycles. The van der Waals surface area contributed by atoms with Crippen LogP contribution >= 0.6 is 0 Å². The van der Waals surface area contributed by atoms with Crippen LogP contribution in [0.5, 0.6) is 0 Å². The summed E-state index contributed by atoms with van der Waals surface area (Å²) in [4.78, 5) is 16.2. The van der Waals surface area contributed by atoms with Gasteiger partial charge in [0.2, 0.25) is 5.91 Å². The van der Waals surface area contributed by atoms with Crippen LogP contribution in [-0.4, -0.2) is 45.7 Å². The highest BCUT2D eigenvalue weighted by Gasteiger charge is 2.24. The number of sulfone groups is 1. The first-order valence-corrected chi connectivity index (χ1v) is 11.4. The molecule has 1 amide bonds. The molecule has 2 aromatic rings. The first kappa shape index (κ1) is 21.8. The first-order chi connectivity index (χ1) is 14.4. The second-order valence-electron chi connectivity index (χ2n) is 6.93. The largest absolute Gasteiger partial charge is 0.357 e. The highest BCUT2D eigenvalue weighted by Crippen LogP contribution is 2.31. The fraction of sp³-hybridized carbons (Fsp3) is 0.333. The number of fused-ring (bicyclic) bond motifs is 1. The number of hydrogen-bond acceptors (Lipinski definition) is 4. The van der Waals surface area contributed by atoms with E-state index in [0.29, 0.717) is 25.5 Å². The maximum absolute atomic E-state index is 13.8. The topological polar surface area (TPSA) is 99.7 Å². The van der Waals surface area contributed by atoms with Crippen molar-refractivity contribution in [2.75, 3.05) is 30.7 Å². The average molecular weight is 433 g/mol. The highest BCUT2D eigenvalue weighted by atomic mass is 32.2. The zero-order valence-electron chi connectivity index (χ0n) is 16.7. The van der Waals surface area contributed by atoms with Gasteiger partial charge in [-0.2, -0.15) is 0 Å². The van der Waals surface area contributed by atoms with E-state index < -0.39 is 15.7 Å². The Morgan fingerprint density at radius 2 is 1.90 bits per heavy atom. The van der Waals surface area contributed by atoms with Crippen molar-refractivity contribution in [1.29, 1.82) is 0 Å². The molecule has 2 aromatic carbocycles. The lowest BCUT2D eigenvalue weighted by molar-refractivity contribution is -0.116. The van der Waals surface area contributed by atoms with Gasteiger partial charge in [-0.1, -0.05) is 30.3 Å². The Balaban J connectivity index is 1.64. The number of guanidine groups is 1. The predicted octanol–water partition coefficient (Wildman–Crippen LogP) is 2.28. The number of carbonyl (C=O) groups excluding carboxylic acids is 1. The van der Waals surface area contributed by atoms with E-state index in [1.165, 1.54) is 18.2 Å². The van der Waals surface area contributed by atoms with Crippen LogP contribution in [0.1, 0.15) is 24.8 Å². The van der Waals surface area contributed by atoms with Gasteiger partial charge < -0.3 is 16.0 Å². The van der Waals surface area contributed by atoms with Gasteiger partial charge in [0.15, 0.2) is 15.8 Å². The van der Waals surface area contributed by atoms with Gasteiger partial charge in [-0.25, -0.2) is 12.8 Å². The second kappa shape index (κ2) is 9.71. The van der Waals surface area contributed by atoms with Gasteiger partial charge in [-0.05, 0) is 30.7 Å². The number of halogens is 1. The van der Waals surface area contributed by atoms with Crippen molar-refractivity contribution in [2.24, 2.45) is 4.99 Å². The lowest BCUT2D eigenvalue weighted by Gasteiger charge is -2.24. The van der Waals surface area contributed by atoms with Crippen LogP contribution in [-0.2, 0) is 14.6 Å². The number of para-hydroxylation sites is 1. The predicted molar refractivity (Wildman–Crippen MR) is 115 cm³/mol. The Bertz CT molecular complexity index is 1040. The molecular formula is C21H25FN4O3S. The molecule has 3 rings (SSSR count). The lowest BCUT2D eigenvalue weighted by atomic mass is 9.91. The third-order valence-corrected chi connectivity index (χ3v) is 6.50. The van der Waals surface area contributed by atoms with Gasteiger partial charge in [0, 0.05) is 31.1 Å². The Morgan fingerprint density at radius 1 is 1.17 bits per heavy atom. The number of amides is 1. The summed E-state index contributed by atoms with van der Waals surface area (Å²) in [6.07, 6.45) is 0.335. The zero-order valence-corrected chi connectivity index (χ0v) is 17.5. The number of benzene rings is 2. The van der Waals surface area contributed by atoms with Crippen LogP contribution in [0.25, 0.3) is 0 Å². The molecule has 0 saturated carbocycles. The van der Waals surface area contributed by atoms with Gasteiger partial charge in [0.05, 0.1) is 12.3 Å². The number of rotatable bonds is 7. The van der Waals surface area contributed by atoms with Crippen molar-refractivity contribution in [3.8, 4) is 0 Å². The minimum absolute atomic E-state index is 0.0529. The van der Waals surface area contributed by atoms with Gasteiger partial charge in [0.1, 0.15) is 10.7 Å². The average Bonchev–Trinajstić information content (AvgIpc) is 2.71. The summed E-state index contributed by atoms with van der Waals surface area (Å²) >= 11 is 0. The van der Waals surface area contributed by atoms with Crippen molar-refractivity contribution >= 4 is 27.4 Å². The molecule has 0 aromatic heterocycles. The molecule has 7 nitrogen and oxygen atoms in total. The van der Waals surface area contributed by atoms with Crippen LogP contribution in [0.4, 0.5) is 10.1 Å². The summed E-state index contributed by atoms with van der Waals surface area (Å²) in [6.45, 7) is 2.94. The fourth-order valence-corrected chi connectivity index (χ4v) is 4.56. The second-order valence-corrected chi connectivity index (χ2v) is 9.01. The van der Waals surface area contributed by atoms with Crippen LogP contribution in [0.3, 0.4) is 0 Å². The fourth-order valence-electron chi connectivity index (χ4n) is 3.32. The van der Waals surface area contributed by atoms with Crippen LogP contribution in [0.2, 0.25) is 0 Å². The number of nitrogens with one attached hydrogen (secondary N) is 3. The first-order valence-electron chi connectivity index (χ1n) is 9.79. The van der Waals surface area contributed by atoms with Crippen molar-refractivity contribution in [2.45, 2.75) is 24.2 Å². The van der Waals surface area contributed by atoms with Gasteiger partial charge in [0.25, 0.3) is 0 Å². The molecule has 30 heavy (non-hydrogen) atoms. The third kappa shape index (κ3) is 5.35. The van der Waals surface area contributed by atoms with Crippen molar-refractivity contribution < 1.29 is 17.6 Å². The Labute approximate surface area is 175 Å². The van der Waals surface area contributed by atoms with E-state index in [1.54, 1.807) is 0 Å². The molecule has 1 aliphatic heterocycles.